The van der Waals surface area contributed by atoms with Crippen LogP contribution in [0.3, 0.4) is 0 Å². The number of hydrogen-bond acceptors (Lipinski definition) is 5. The van der Waals surface area contributed by atoms with Gasteiger partial charge >= 0.3 is 5.97 Å². The average Bonchev–Trinajstić information content (AvgIpc) is 2.57. The summed E-state index contributed by atoms with van der Waals surface area (Å²) in [4.78, 5) is 16.0. The van der Waals surface area contributed by atoms with Crippen LogP contribution in [0, 0.1) is 13.8 Å². The van der Waals surface area contributed by atoms with Crippen LogP contribution in [0.2, 0.25) is 0 Å². The third-order valence-corrected chi connectivity index (χ3v) is 2.79. The molecule has 0 aliphatic rings. The standard InChI is InChI=1S/C12H22N4O2/c1-6-18-11(17)12(5,13)7-8(2)16-10(4)14-9(3)15-16/h8H,6-7,13H2,1-5H3. The fourth-order valence-electron chi connectivity index (χ4n) is 2.03. The van der Waals surface area contributed by atoms with Crippen molar-refractivity contribution in [1.82, 2.24) is 14.8 Å². The van der Waals surface area contributed by atoms with Crippen molar-refractivity contribution in [2.75, 3.05) is 6.61 Å². The smallest absolute Gasteiger partial charge is 0.325 e. The van der Waals surface area contributed by atoms with Crippen LogP contribution < -0.4 is 5.73 Å². The van der Waals surface area contributed by atoms with Crippen LogP contribution in [-0.4, -0.2) is 32.9 Å². The molecular weight excluding hydrogens is 232 g/mol. The molecule has 0 aliphatic carbocycles. The molecule has 0 aromatic carbocycles. The minimum Gasteiger partial charge on any atom is -0.465 e. The van der Waals surface area contributed by atoms with E-state index < -0.39 is 5.54 Å². The highest BCUT2D eigenvalue weighted by Gasteiger charge is 2.33. The number of carbonyl (C=O) groups is 1. The van der Waals surface area contributed by atoms with Gasteiger partial charge in [-0.05, 0) is 41.0 Å². The molecule has 102 valence electrons. The van der Waals surface area contributed by atoms with Gasteiger partial charge in [-0.15, -0.1) is 0 Å². The van der Waals surface area contributed by atoms with Crippen molar-refractivity contribution in [3.05, 3.63) is 11.6 Å². The van der Waals surface area contributed by atoms with E-state index in [1.165, 1.54) is 0 Å². The summed E-state index contributed by atoms with van der Waals surface area (Å²) in [6.07, 6.45) is 0.454. The molecule has 1 rings (SSSR count). The Morgan fingerprint density at radius 3 is 2.61 bits per heavy atom. The van der Waals surface area contributed by atoms with Gasteiger partial charge in [0.2, 0.25) is 0 Å². The van der Waals surface area contributed by atoms with Gasteiger partial charge < -0.3 is 10.5 Å². The summed E-state index contributed by atoms with van der Waals surface area (Å²) in [5.41, 5.74) is 4.99. The molecule has 0 radical (unpaired) electrons. The van der Waals surface area contributed by atoms with Gasteiger partial charge in [-0.1, -0.05) is 0 Å². The van der Waals surface area contributed by atoms with E-state index in [0.717, 1.165) is 5.82 Å². The second kappa shape index (κ2) is 5.48. The molecule has 2 N–H and O–H groups in total. The van der Waals surface area contributed by atoms with Gasteiger partial charge in [-0.3, -0.25) is 4.79 Å². The summed E-state index contributed by atoms with van der Waals surface area (Å²) < 4.78 is 6.76. The van der Waals surface area contributed by atoms with Gasteiger partial charge in [0, 0.05) is 0 Å². The van der Waals surface area contributed by atoms with Gasteiger partial charge in [0.15, 0.2) is 0 Å². The molecule has 1 aromatic rings. The molecule has 0 spiro atoms. The van der Waals surface area contributed by atoms with Crippen LogP contribution in [0.15, 0.2) is 0 Å². The molecule has 0 bridgehead atoms. The van der Waals surface area contributed by atoms with Crippen molar-refractivity contribution >= 4 is 5.97 Å². The SMILES string of the molecule is CCOC(=O)C(C)(N)CC(C)n1nc(C)nc1C. The van der Waals surface area contributed by atoms with Crippen LogP contribution in [0.1, 0.15) is 44.9 Å². The quantitative estimate of drug-likeness (QED) is 0.796. The number of rotatable bonds is 5. The number of aromatic nitrogens is 3. The second-order valence-electron chi connectivity index (χ2n) is 4.84. The molecule has 0 saturated carbocycles. The first-order valence-electron chi connectivity index (χ1n) is 6.13. The van der Waals surface area contributed by atoms with E-state index >= 15 is 0 Å². The molecule has 6 heteroatoms. The normalized spacial score (nSPS) is 16.1. The molecule has 6 nitrogen and oxygen atoms in total. The second-order valence-corrected chi connectivity index (χ2v) is 4.84. The zero-order valence-electron chi connectivity index (χ0n) is 11.7. The number of nitrogens with zero attached hydrogens (tertiary/aromatic N) is 3. The Morgan fingerprint density at radius 2 is 2.17 bits per heavy atom. The molecule has 0 amide bonds. The first-order chi connectivity index (χ1) is 8.27. The van der Waals surface area contributed by atoms with Crippen molar-refractivity contribution in [1.29, 1.82) is 0 Å². The minimum atomic E-state index is -1.01. The van der Waals surface area contributed by atoms with E-state index in [1.54, 1.807) is 18.5 Å². The molecule has 1 aromatic heterocycles. The maximum absolute atomic E-state index is 11.7. The minimum absolute atomic E-state index is 0.00870. The first kappa shape index (κ1) is 14.6. The largest absolute Gasteiger partial charge is 0.465 e. The van der Waals surface area contributed by atoms with Gasteiger partial charge in [-0.25, -0.2) is 9.67 Å². The summed E-state index contributed by atoms with van der Waals surface area (Å²) in [6, 6.07) is -0.00870. The summed E-state index contributed by atoms with van der Waals surface area (Å²) in [6.45, 7) is 9.47. The topological polar surface area (TPSA) is 83.0 Å². The highest BCUT2D eigenvalue weighted by atomic mass is 16.5. The van der Waals surface area contributed by atoms with Crippen molar-refractivity contribution in [3.8, 4) is 0 Å². The maximum atomic E-state index is 11.7. The van der Waals surface area contributed by atoms with Crippen molar-refractivity contribution in [2.24, 2.45) is 5.73 Å². The molecule has 0 aliphatic heterocycles. The number of carbonyl (C=O) groups excluding carboxylic acids is 1. The van der Waals surface area contributed by atoms with Gasteiger partial charge in [0.05, 0.1) is 12.6 Å². The monoisotopic (exact) mass is 254 g/mol. The average molecular weight is 254 g/mol. The number of aryl methyl sites for hydroxylation is 2. The lowest BCUT2D eigenvalue weighted by Gasteiger charge is -2.26. The molecule has 2 atom stereocenters. The molecule has 2 unspecified atom stereocenters. The van der Waals surface area contributed by atoms with E-state index in [9.17, 15) is 4.79 Å². The van der Waals surface area contributed by atoms with Gasteiger partial charge in [0.1, 0.15) is 17.2 Å². The zero-order valence-corrected chi connectivity index (χ0v) is 11.7. The number of ether oxygens (including phenoxy) is 1. The lowest BCUT2D eigenvalue weighted by Crippen LogP contribution is -2.47. The number of nitrogens with two attached hydrogens (primary N) is 1. The molecule has 1 heterocycles. The lowest BCUT2D eigenvalue weighted by atomic mass is 9.95. The lowest BCUT2D eigenvalue weighted by molar-refractivity contribution is -0.149. The highest BCUT2D eigenvalue weighted by Crippen LogP contribution is 2.20. The van der Waals surface area contributed by atoms with Crippen LogP contribution in [0.25, 0.3) is 0 Å². The summed E-state index contributed by atoms with van der Waals surface area (Å²) in [7, 11) is 0. The van der Waals surface area contributed by atoms with Gasteiger partial charge in [0.25, 0.3) is 0 Å². The predicted octanol–water partition coefficient (Wildman–Crippen LogP) is 1.13. The number of hydrogen-bond donors (Lipinski definition) is 1. The van der Waals surface area contributed by atoms with Crippen LogP contribution >= 0.6 is 0 Å². The Labute approximate surface area is 108 Å². The van der Waals surface area contributed by atoms with Crippen LogP contribution in [-0.2, 0) is 9.53 Å². The van der Waals surface area contributed by atoms with Crippen molar-refractivity contribution < 1.29 is 9.53 Å². The Hall–Kier alpha value is -1.43. The van der Waals surface area contributed by atoms with Crippen LogP contribution in [0.5, 0.6) is 0 Å². The van der Waals surface area contributed by atoms with E-state index in [4.69, 9.17) is 10.5 Å². The van der Waals surface area contributed by atoms with Crippen molar-refractivity contribution in [3.63, 3.8) is 0 Å². The Kier molecular flexibility index (Phi) is 4.45. The Balaban J connectivity index is 2.78. The third kappa shape index (κ3) is 3.29. The Morgan fingerprint density at radius 1 is 1.56 bits per heavy atom. The van der Waals surface area contributed by atoms with E-state index in [1.807, 2.05) is 20.8 Å². The highest BCUT2D eigenvalue weighted by molar-refractivity contribution is 5.80. The third-order valence-electron chi connectivity index (χ3n) is 2.79. The summed E-state index contributed by atoms with van der Waals surface area (Å²) >= 11 is 0. The van der Waals surface area contributed by atoms with Gasteiger partial charge in [-0.2, -0.15) is 5.10 Å². The van der Waals surface area contributed by atoms with Crippen molar-refractivity contribution in [2.45, 2.75) is 52.6 Å². The summed E-state index contributed by atoms with van der Waals surface area (Å²) in [5, 5.41) is 4.30. The zero-order chi connectivity index (χ0) is 13.9. The fraction of sp³-hybridized carbons (Fsp3) is 0.750. The predicted molar refractivity (Wildman–Crippen MR) is 68.0 cm³/mol. The molecule has 18 heavy (non-hydrogen) atoms. The number of esters is 1. The molecule has 0 fully saturated rings. The molecular formula is C12H22N4O2. The fourth-order valence-corrected chi connectivity index (χ4v) is 2.03. The van der Waals surface area contributed by atoms with E-state index in [2.05, 4.69) is 10.1 Å². The summed E-state index contributed by atoms with van der Waals surface area (Å²) in [5.74, 6) is 1.15. The van der Waals surface area contributed by atoms with Crippen LogP contribution in [0.4, 0.5) is 0 Å². The van der Waals surface area contributed by atoms with E-state index in [-0.39, 0.29) is 12.0 Å². The Bertz CT molecular complexity index is 426. The molecule has 0 saturated heterocycles. The van der Waals surface area contributed by atoms with E-state index in [0.29, 0.717) is 18.9 Å². The first-order valence-corrected chi connectivity index (χ1v) is 6.13. The maximum Gasteiger partial charge on any atom is 0.325 e.